The van der Waals surface area contributed by atoms with Gasteiger partial charge in [0.1, 0.15) is 0 Å². The first-order chi connectivity index (χ1) is 9.66. The van der Waals surface area contributed by atoms with E-state index < -0.39 is 17.8 Å². The van der Waals surface area contributed by atoms with Crippen molar-refractivity contribution in [1.82, 2.24) is 15.3 Å². The monoisotopic (exact) mass is 271 g/mol. The summed E-state index contributed by atoms with van der Waals surface area (Å²) < 4.78 is 0. The van der Waals surface area contributed by atoms with E-state index in [0.717, 1.165) is 0 Å². The average molecular weight is 271 g/mol. The van der Waals surface area contributed by atoms with Crippen molar-refractivity contribution in [2.24, 2.45) is 0 Å². The van der Waals surface area contributed by atoms with Gasteiger partial charge in [0, 0.05) is 11.8 Å². The molecule has 0 bridgehead atoms. The van der Waals surface area contributed by atoms with E-state index in [0.29, 0.717) is 10.6 Å². The average Bonchev–Trinajstić information content (AvgIpc) is 3.03. The number of carbonyl (C=O) groups excluding carboxylic acids is 3. The maximum absolute atomic E-state index is 12.0. The number of aromatic amines is 1. The first-order valence-electron chi connectivity index (χ1n) is 5.83. The molecule has 1 aliphatic rings. The maximum Gasteiger partial charge on any atom is 0.337 e. The largest absolute Gasteiger partial charge is 0.337 e. The lowest BCUT2D eigenvalue weighted by atomic mass is 10.1. The second-order valence-corrected chi connectivity index (χ2v) is 4.20. The van der Waals surface area contributed by atoms with Crippen LogP contribution in [0, 0.1) is 0 Å². The molecule has 0 aliphatic carbocycles. The Morgan fingerprint density at radius 1 is 1.20 bits per heavy atom. The molecule has 0 spiro atoms. The molecule has 0 saturated heterocycles. The quantitative estimate of drug-likeness (QED) is 0.830. The van der Waals surface area contributed by atoms with Gasteiger partial charge in [-0.25, -0.2) is 4.79 Å². The molecular formula is C13H9N3O4. The standard InChI is InChI=1S/C13H9N3O4/c17-11(5-8-6-14-15-7-8)20-16-12(18)9-3-1-2-4-10(9)13(16)19/h1-4,6-7H,5H2,(H,14,15). The molecule has 0 atom stereocenters. The molecule has 0 unspecified atom stereocenters. The number of imide groups is 1. The smallest absolute Gasteiger partial charge is 0.329 e. The number of amides is 2. The molecule has 100 valence electrons. The molecule has 1 aromatic heterocycles. The van der Waals surface area contributed by atoms with E-state index in [9.17, 15) is 14.4 Å². The highest BCUT2D eigenvalue weighted by Gasteiger charge is 2.38. The van der Waals surface area contributed by atoms with Crippen LogP contribution in [0.4, 0.5) is 0 Å². The third kappa shape index (κ3) is 1.95. The number of benzene rings is 1. The van der Waals surface area contributed by atoms with Crippen LogP contribution in [0.1, 0.15) is 26.3 Å². The Kier molecular flexibility index (Phi) is 2.79. The van der Waals surface area contributed by atoms with Crippen LogP contribution in [-0.4, -0.2) is 33.0 Å². The molecule has 20 heavy (non-hydrogen) atoms. The van der Waals surface area contributed by atoms with E-state index in [2.05, 4.69) is 10.2 Å². The second kappa shape index (κ2) is 4.61. The van der Waals surface area contributed by atoms with Crippen LogP contribution in [0.2, 0.25) is 0 Å². The first kappa shape index (κ1) is 12.1. The Morgan fingerprint density at radius 2 is 1.85 bits per heavy atom. The molecule has 0 saturated carbocycles. The minimum atomic E-state index is -0.707. The van der Waals surface area contributed by atoms with E-state index in [4.69, 9.17) is 4.84 Å². The van der Waals surface area contributed by atoms with Crippen molar-refractivity contribution in [3.8, 4) is 0 Å². The Morgan fingerprint density at radius 3 is 2.40 bits per heavy atom. The lowest BCUT2D eigenvalue weighted by molar-refractivity contribution is -0.167. The van der Waals surface area contributed by atoms with Gasteiger partial charge >= 0.3 is 5.97 Å². The third-order valence-electron chi connectivity index (χ3n) is 2.85. The predicted molar refractivity (Wildman–Crippen MR) is 65.3 cm³/mol. The van der Waals surface area contributed by atoms with Gasteiger partial charge in [-0.05, 0) is 12.1 Å². The van der Waals surface area contributed by atoms with Crippen molar-refractivity contribution < 1.29 is 19.2 Å². The van der Waals surface area contributed by atoms with E-state index in [1.54, 1.807) is 12.1 Å². The van der Waals surface area contributed by atoms with Gasteiger partial charge in [0.2, 0.25) is 0 Å². The topological polar surface area (TPSA) is 92.4 Å². The van der Waals surface area contributed by atoms with Gasteiger partial charge < -0.3 is 4.84 Å². The van der Waals surface area contributed by atoms with E-state index in [-0.39, 0.29) is 17.5 Å². The maximum atomic E-state index is 12.0. The van der Waals surface area contributed by atoms with E-state index in [1.165, 1.54) is 24.5 Å². The lowest BCUT2D eigenvalue weighted by Crippen LogP contribution is -2.33. The fraction of sp³-hybridized carbons (Fsp3) is 0.0769. The van der Waals surface area contributed by atoms with Crippen LogP contribution < -0.4 is 0 Å². The summed E-state index contributed by atoms with van der Waals surface area (Å²) in [4.78, 5) is 40.5. The Bertz CT molecular complexity index is 658. The highest BCUT2D eigenvalue weighted by atomic mass is 16.7. The van der Waals surface area contributed by atoms with Crippen LogP contribution in [0.25, 0.3) is 0 Å². The number of hydrogen-bond acceptors (Lipinski definition) is 5. The fourth-order valence-corrected chi connectivity index (χ4v) is 1.93. The number of H-pyrrole nitrogens is 1. The van der Waals surface area contributed by atoms with Crippen LogP contribution in [0.3, 0.4) is 0 Å². The highest BCUT2D eigenvalue weighted by Crippen LogP contribution is 2.22. The number of fused-ring (bicyclic) bond motifs is 1. The molecule has 7 heteroatoms. The van der Waals surface area contributed by atoms with Gasteiger partial charge in [-0.1, -0.05) is 17.2 Å². The summed E-state index contributed by atoms with van der Waals surface area (Å²) in [5.74, 6) is -1.97. The van der Waals surface area contributed by atoms with E-state index in [1.807, 2.05) is 0 Å². The van der Waals surface area contributed by atoms with Gasteiger partial charge in [-0.2, -0.15) is 5.10 Å². The summed E-state index contributed by atoms with van der Waals surface area (Å²) in [6.45, 7) is 0. The minimum Gasteiger partial charge on any atom is -0.329 e. The predicted octanol–water partition coefficient (Wildman–Crippen LogP) is 0.707. The first-order valence-corrected chi connectivity index (χ1v) is 5.83. The van der Waals surface area contributed by atoms with Crippen molar-refractivity contribution in [2.45, 2.75) is 6.42 Å². The van der Waals surface area contributed by atoms with E-state index >= 15 is 0 Å². The van der Waals surface area contributed by atoms with Crippen LogP contribution >= 0.6 is 0 Å². The minimum absolute atomic E-state index is 0.0795. The number of nitrogens with zero attached hydrogens (tertiary/aromatic N) is 2. The van der Waals surface area contributed by atoms with Crippen molar-refractivity contribution in [1.29, 1.82) is 0 Å². The highest BCUT2D eigenvalue weighted by molar-refractivity contribution is 6.20. The molecule has 3 rings (SSSR count). The second-order valence-electron chi connectivity index (χ2n) is 4.20. The number of aromatic nitrogens is 2. The summed E-state index contributed by atoms with van der Waals surface area (Å²) in [5, 5.41) is 6.74. The summed E-state index contributed by atoms with van der Waals surface area (Å²) in [6.07, 6.45) is 2.91. The molecule has 1 N–H and O–H groups in total. The Balaban J connectivity index is 1.75. The number of nitrogens with one attached hydrogen (secondary N) is 1. The molecule has 0 radical (unpaired) electrons. The summed E-state index contributed by atoms with van der Waals surface area (Å²) in [7, 11) is 0. The number of carbonyl (C=O) groups is 3. The molecule has 2 aromatic rings. The van der Waals surface area contributed by atoms with Gasteiger partial charge in [0.15, 0.2) is 0 Å². The van der Waals surface area contributed by atoms with Gasteiger partial charge in [-0.15, -0.1) is 0 Å². The number of hydrogen-bond donors (Lipinski definition) is 1. The molecule has 7 nitrogen and oxygen atoms in total. The third-order valence-corrected chi connectivity index (χ3v) is 2.85. The zero-order valence-corrected chi connectivity index (χ0v) is 10.2. The zero-order chi connectivity index (χ0) is 14.1. The molecule has 1 aromatic carbocycles. The molecule has 1 aliphatic heterocycles. The van der Waals surface area contributed by atoms with Gasteiger partial charge in [0.05, 0.1) is 23.7 Å². The van der Waals surface area contributed by atoms with Gasteiger partial charge in [-0.3, -0.25) is 14.7 Å². The Labute approximate surface area is 113 Å². The molecular weight excluding hydrogens is 262 g/mol. The zero-order valence-electron chi connectivity index (χ0n) is 10.2. The summed E-state index contributed by atoms with van der Waals surface area (Å²) >= 11 is 0. The normalized spacial score (nSPS) is 13.5. The molecule has 2 heterocycles. The molecule has 0 fully saturated rings. The number of rotatable bonds is 3. The lowest BCUT2D eigenvalue weighted by Gasteiger charge is -2.12. The van der Waals surface area contributed by atoms with Crippen molar-refractivity contribution in [3.63, 3.8) is 0 Å². The molecule has 2 amide bonds. The van der Waals surface area contributed by atoms with Gasteiger partial charge in [0.25, 0.3) is 11.8 Å². The SMILES string of the molecule is O=C(Cc1cn[nH]c1)ON1C(=O)c2ccccc2C1=O. The fourth-order valence-electron chi connectivity index (χ4n) is 1.93. The van der Waals surface area contributed by atoms with Crippen molar-refractivity contribution in [2.75, 3.05) is 0 Å². The van der Waals surface area contributed by atoms with Crippen molar-refractivity contribution >= 4 is 17.8 Å². The number of hydroxylamine groups is 2. The summed E-state index contributed by atoms with van der Waals surface area (Å²) in [5.41, 5.74) is 1.06. The van der Waals surface area contributed by atoms with Crippen molar-refractivity contribution in [3.05, 3.63) is 53.3 Å². The summed E-state index contributed by atoms with van der Waals surface area (Å²) in [6, 6.07) is 6.31. The Hall–Kier alpha value is -2.96. The van der Waals surface area contributed by atoms with Crippen LogP contribution in [0.5, 0.6) is 0 Å². The van der Waals surface area contributed by atoms with Crippen LogP contribution in [0.15, 0.2) is 36.7 Å². The van der Waals surface area contributed by atoms with Crippen LogP contribution in [-0.2, 0) is 16.1 Å².